The highest BCUT2D eigenvalue weighted by molar-refractivity contribution is 14.0. The summed E-state index contributed by atoms with van der Waals surface area (Å²) in [5.74, 6) is 2.27. The monoisotopic (exact) mass is 560 g/mol. The number of rotatable bonds is 8. The van der Waals surface area contributed by atoms with Crippen LogP contribution in [-0.2, 0) is 19.1 Å². The van der Waals surface area contributed by atoms with E-state index in [1.54, 1.807) is 40.5 Å². The lowest BCUT2D eigenvalue weighted by Gasteiger charge is -2.17. The van der Waals surface area contributed by atoms with E-state index in [2.05, 4.69) is 20.6 Å². The number of guanidine groups is 1. The van der Waals surface area contributed by atoms with Crippen LogP contribution >= 0.6 is 35.3 Å². The van der Waals surface area contributed by atoms with E-state index < -0.39 is 11.9 Å². The van der Waals surface area contributed by atoms with Crippen LogP contribution in [0.1, 0.15) is 16.3 Å². The highest BCUT2D eigenvalue weighted by atomic mass is 127. The zero-order chi connectivity index (χ0) is 21.4. The van der Waals surface area contributed by atoms with Gasteiger partial charge in [-0.3, -0.25) is 4.99 Å². The van der Waals surface area contributed by atoms with Gasteiger partial charge in [0.15, 0.2) is 11.7 Å². The maximum atomic E-state index is 12.6. The molecule has 0 saturated heterocycles. The molecule has 2 rings (SSSR count). The van der Waals surface area contributed by atoms with Crippen molar-refractivity contribution in [3.05, 3.63) is 33.8 Å². The van der Waals surface area contributed by atoms with Crippen molar-refractivity contribution < 1.29 is 27.4 Å². The molecule has 0 atom stereocenters. The summed E-state index contributed by atoms with van der Waals surface area (Å²) in [5.41, 5.74) is -0.0906. The first-order valence-electron chi connectivity index (χ1n) is 8.57. The Morgan fingerprint density at radius 2 is 1.73 bits per heavy atom. The van der Waals surface area contributed by atoms with Gasteiger partial charge in [-0.1, -0.05) is 0 Å². The smallest absolute Gasteiger partial charge is 0.434 e. The molecule has 7 nitrogen and oxygen atoms in total. The Bertz CT molecular complexity index is 821. The van der Waals surface area contributed by atoms with E-state index in [4.69, 9.17) is 14.2 Å². The summed E-state index contributed by atoms with van der Waals surface area (Å²) in [5, 5.41) is 7.60. The number of aromatic nitrogens is 1. The van der Waals surface area contributed by atoms with Gasteiger partial charge in [-0.15, -0.1) is 35.3 Å². The third kappa shape index (κ3) is 7.07. The number of hydrogen-bond donors (Lipinski definition) is 2. The first-order valence-corrected chi connectivity index (χ1v) is 9.45. The third-order valence-corrected chi connectivity index (χ3v) is 4.86. The number of nitrogens with zero attached hydrogens (tertiary/aromatic N) is 2. The van der Waals surface area contributed by atoms with Gasteiger partial charge < -0.3 is 24.8 Å². The van der Waals surface area contributed by atoms with Crippen LogP contribution in [-0.4, -0.2) is 45.9 Å². The molecule has 1 heterocycles. The van der Waals surface area contributed by atoms with Gasteiger partial charge in [0.25, 0.3) is 0 Å². The molecule has 0 saturated carbocycles. The summed E-state index contributed by atoms with van der Waals surface area (Å²) in [7, 11) is 6.25. The molecule has 1 aromatic carbocycles. The van der Waals surface area contributed by atoms with Gasteiger partial charge >= 0.3 is 6.18 Å². The number of thiazole rings is 1. The maximum Gasteiger partial charge on any atom is 0.434 e. The highest BCUT2D eigenvalue weighted by Crippen LogP contribution is 2.34. The van der Waals surface area contributed by atoms with Crippen LogP contribution in [0, 0.1) is 0 Å². The van der Waals surface area contributed by atoms with Crippen molar-refractivity contribution in [1.29, 1.82) is 0 Å². The molecule has 12 heteroatoms. The molecule has 1 aromatic heterocycles. The fraction of sp³-hybridized carbons (Fsp3) is 0.444. The predicted octanol–water partition coefficient (Wildman–Crippen LogP) is 3.71. The van der Waals surface area contributed by atoms with E-state index in [0.717, 1.165) is 22.3 Å². The summed E-state index contributed by atoms with van der Waals surface area (Å²) in [6.07, 6.45) is -4.08. The lowest BCUT2D eigenvalue weighted by Crippen LogP contribution is -2.38. The fourth-order valence-corrected chi connectivity index (χ4v) is 3.29. The lowest BCUT2D eigenvalue weighted by molar-refractivity contribution is -0.140. The third-order valence-electron chi connectivity index (χ3n) is 3.95. The van der Waals surface area contributed by atoms with E-state index in [9.17, 15) is 13.2 Å². The van der Waals surface area contributed by atoms with Crippen molar-refractivity contribution in [3.63, 3.8) is 0 Å². The van der Waals surface area contributed by atoms with Gasteiger partial charge in [-0.25, -0.2) is 4.98 Å². The molecule has 168 valence electrons. The highest BCUT2D eigenvalue weighted by Gasteiger charge is 2.33. The summed E-state index contributed by atoms with van der Waals surface area (Å²) < 4.78 is 53.9. The Hall–Kier alpha value is -1.96. The number of benzene rings is 1. The quantitative estimate of drug-likeness (QED) is 0.292. The van der Waals surface area contributed by atoms with E-state index >= 15 is 0 Å². The second kappa shape index (κ2) is 12.0. The topological polar surface area (TPSA) is 77.0 Å². The van der Waals surface area contributed by atoms with Crippen molar-refractivity contribution >= 4 is 41.3 Å². The number of ether oxygens (including phenoxy) is 3. The zero-order valence-corrected chi connectivity index (χ0v) is 20.1. The van der Waals surface area contributed by atoms with E-state index in [1.165, 1.54) is 0 Å². The van der Waals surface area contributed by atoms with Gasteiger partial charge in [0.2, 0.25) is 0 Å². The van der Waals surface area contributed by atoms with Crippen molar-refractivity contribution in [1.82, 2.24) is 15.6 Å². The van der Waals surface area contributed by atoms with E-state index in [0.29, 0.717) is 47.7 Å². The molecule has 0 aliphatic carbocycles. The Morgan fingerprint density at radius 3 is 2.20 bits per heavy atom. The molecule has 0 aliphatic heterocycles. The second-order valence-electron chi connectivity index (χ2n) is 5.74. The minimum atomic E-state index is -4.42. The van der Waals surface area contributed by atoms with Gasteiger partial charge in [-0.05, 0) is 0 Å². The molecular formula is C18H24F3IN4O3S. The molecule has 0 bridgehead atoms. The summed E-state index contributed by atoms with van der Waals surface area (Å²) in [4.78, 5) is 7.72. The second-order valence-corrected chi connectivity index (χ2v) is 6.68. The first-order chi connectivity index (χ1) is 13.8. The SMILES string of the molecule is CN=C(NCCc1nc(C(F)(F)F)cs1)NCc1c(OC)cc(OC)cc1OC.I. The van der Waals surface area contributed by atoms with Gasteiger partial charge in [0, 0.05) is 37.5 Å². The average molecular weight is 560 g/mol. The van der Waals surface area contributed by atoms with Gasteiger partial charge in [0.05, 0.1) is 38.4 Å². The van der Waals surface area contributed by atoms with E-state index in [-0.39, 0.29) is 24.0 Å². The number of nitrogens with one attached hydrogen (secondary N) is 2. The molecule has 2 N–H and O–H groups in total. The van der Waals surface area contributed by atoms with Crippen molar-refractivity contribution in [2.24, 2.45) is 4.99 Å². The van der Waals surface area contributed by atoms with Gasteiger partial charge in [0.1, 0.15) is 17.2 Å². The van der Waals surface area contributed by atoms with Crippen LogP contribution in [0.3, 0.4) is 0 Å². The zero-order valence-electron chi connectivity index (χ0n) is 16.9. The minimum Gasteiger partial charge on any atom is -0.496 e. The lowest BCUT2D eigenvalue weighted by atomic mass is 10.1. The summed E-state index contributed by atoms with van der Waals surface area (Å²) in [6, 6.07) is 3.49. The molecule has 0 fully saturated rings. The van der Waals surface area contributed by atoms with Gasteiger partial charge in [-0.2, -0.15) is 13.2 Å². The summed E-state index contributed by atoms with van der Waals surface area (Å²) >= 11 is 0.983. The Balaban J connectivity index is 0.00000450. The molecular weight excluding hydrogens is 536 g/mol. The van der Waals surface area contributed by atoms with Crippen molar-refractivity contribution in [2.45, 2.75) is 19.1 Å². The first kappa shape index (κ1) is 26.1. The number of aliphatic imine (C=N–C) groups is 1. The number of methoxy groups -OCH3 is 3. The van der Waals surface area contributed by atoms with Crippen molar-refractivity contribution in [2.75, 3.05) is 34.9 Å². The Labute approximate surface area is 194 Å². The van der Waals surface area contributed by atoms with Crippen LogP contribution < -0.4 is 24.8 Å². The predicted molar refractivity (Wildman–Crippen MR) is 121 cm³/mol. The molecule has 0 amide bonds. The Kier molecular flexibility index (Phi) is 10.5. The van der Waals surface area contributed by atoms with Crippen molar-refractivity contribution in [3.8, 4) is 17.2 Å². The molecule has 0 spiro atoms. The van der Waals surface area contributed by atoms with E-state index in [1.807, 2.05) is 0 Å². The maximum absolute atomic E-state index is 12.6. The molecule has 0 radical (unpaired) electrons. The summed E-state index contributed by atoms with van der Waals surface area (Å²) in [6.45, 7) is 0.729. The number of alkyl halides is 3. The normalized spacial score (nSPS) is 11.5. The van der Waals surface area contributed by atoms with Crippen LogP contribution in [0.2, 0.25) is 0 Å². The van der Waals surface area contributed by atoms with Crippen LogP contribution in [0.5, 0.6) is 17.2 Å². The minimum absolute atomic E-state index is 0. The molecule has 0 aliphatic rings. The van der Waals surface area contributed by atoms with Crippen LogP contribution in [0.15, 0.2) is 22.5 Å². The Morgan fingerprint density at radius 1 is 1.10 bits per heavy atom. The van der Waals surface area contributed by atoms with Crippen LogP contribution in [0.25, 0.3) is 0 Å². The number of hydrogen-bond acceptors (Lipinski definition) is 6. The standard InChI is InChI=1S/C18H23F3N4O3S.HI/c1-22-17(23-6-5-16-25-15(10-29-16)18(19,20)21)24-9-12-13(27-3)7-11(26-2)8-14(12)28-4;/h7-8,10H,5-6,9H2,1-4H3,(H2,22,23,24);1H. The largest absolute Gasteiger partial charge is 0.496 e. The molecule has 30 heavy (non-hydrogen) atoms. The average Bonchev–Trinajstić information content (AvgIpc) is 3.19. The van der Waals surface area contributed by atoms with Crippen LogP contribution in [0.4, 0.5) is 13.2 Å². The molecule has 0 unspecified atom stereocenters. The fourth-order valence-electron chi connectivity index (χ4n) is 2.49. The number of halogens is 4. The molecule has 2 aromatic rings.